The van der Waals surface area contributed by atoms with E-state index in [0.29, 0.717) is 0 Å². The molecule has 0 aliphatic carbocycles. The molecule has 1 aliphatic heterocycles. The molecular weight excluding hydrogens is 310 g/mol. The number of hydrogen-bond acceptors (Lipinski definition) is 2. The van der Waals surface area contributed by atoms with E-state index in [1.807, 2.05) is 47.5 Å². The van der Waals surface area contributed by atoms with Gasteiger partial charge >= 0.3 is 6.03 Å². The predicted octanol–water partition coefficient (Wildman–Crippen LogP) is 4.99. The Labute approximate surface area is 147 Å². The van der Waals surface area contributed by atoms with Gasteiger partial charge in [0.2, 0.25) is 0 Å². The lowest BCUT2D eigenvalue weighted by molar-refractivity contribution is 0.163. The van der Waals surface area contributed by atoms with E-state index in [1.165, 1.54) is 0 Å². The highest BCUT2D eigenvalue weighted by molar-refractivity contribution is 6.01. The monoisotopic (exact) mass is 331 g/mol. The predicted molar refractivity (Wildman–Crippen MR) is 101 cm³/mol. The molecule has 4 rings (SSSR count). The molecule has 2 amide bonds. The second-order valence-electron chi connectivity index (χ2n) is 6.45. The Balaban J connectivity index is 1.60. The average Bonchev–Trinajstić information content (AvgIpc) is 2.69. The maximum absolute atomic E-state index is 13.0. The van der Waals surface area contributed by atoms with E-state index in [0.717, 1.165) is 47.8 Å². The highest BCUT2D eigenvalue weighted by Crippen LogP contribution is 2.31. The molecule has 1 aliphatic rings. The second kappa shape index (κ2) is 6.93. The zero-order valence-electron chi connectivity index (χ0n) is 14.1. The van der Waals surface area contributed by atoms with E-state index < -0.39 is 0 Å². The van der Waals surface area contributed by atoms with Crippen LogP contribution in [0, 0.1) is 0 Å². The maximum atomic E-state index is 13.0. The number of benzene rings is 2. The van der Waals surface area contributed by atoms with Crippen molar-refractivity contribution in [1.82, 2.24) is 9.88 Å². The van der Waals surface area contributed by atoms with Crippen LogP contribution in [0.15, 0.2) is 67.0 Å². The van der Waals surface area contributed by atoms with E-state index in [4.69, 9.17) is 0 Å². The maximum Gasteiger partial charge on any atom is 0.322 e. The molecule has 4 heteroatoms. The lowest BCUT2D eigenvalue weighted by atomic mass is 9.97. The topological polar surface area (TPSA) is 45.2 Å². The summed E-state index contributed by atoms with van der Waals surface area (Å²) in [6.45, 7) is 0.774. The number of carbonyl (C=O) groups excluding carboxylic acids is 1. The molecular formula is C21H21N3O. The van der Waals surface area contributed by atoms with Gasteiger partial charge in [-0.3, -0.25) is 4.98 Å². The summed E-state index contributed by atoms with van der Waals surface area (Å²) in [5.74, 6) is 0. The number of aromatic nitrogens is 1. The minimum Gasteiger partial charge on any atom is -0.317 e. The Morgan fingerprint density at radius 1 is 1.04 bits per heavy atom. The Bertz CT molecular complexity index is 873. The minimum atomic E-state index is -0.0371. The van der Waals surface area contributed by atoms with Crippen LogP contribution in [-0.4, -0.2) is 22.5 Å². The van der Waals surface area contributed by atoms with Crippen molar-refractivity contribution in [2.45, 2.75) is 25.3 Å². The van der Waals surface area contributed by atoms with Crippen LogP contribution in [0.1, 0.15) is 30.9 Å². The Kier molecular flexibility index (Phi) is 4.34. The van der Waals surface area contributed by atoms with Gasteiger partial charge in [-0.05, 0) is 42.3 Å². The highest BCUT2D eigenvalue weighted by Gasteiger charge is 2.28. The van der Waals surface area contributed by atoms with Gasteiger partial charge in [-0.1, -0.05) is 42.5 Å². The van der Waals surface area contributed by atoms with Crippen molar-refractivity contribution in [3.8, 4) is 0 Å². The van der Waals surface area contributed by atoms with Crippen molar-refractivity contribution in [1.29, 1.82) is 0 Å². The average molecular weight is 331 g/mol. The first-order valence-corrected chi connectivity index (χ1v) is 8.78. The van der Waals surface area contributed by atoms with E-state index in [1.54, 1.807) is 6.20 Å². The number of pyridine rings is 1. The number of amides is 2. The second-order valence-corrected chi connectivity index (χ2v) is 6.45. The lowest BCUT2D eigenvalue weighted by Crippen LogP contribution is -2.41. The number of rotatable bonds is 2. The molecule has 0 bridgehead atoms. The summed E-state index contributed by atoms with van der Waals surface area (Å²) in [4.78, 5) is 19.2. The van der Waals surface area contributed by atoms with Crippen LogP contribution < -0.4 is 5.32 Å². The quantitative estimate of drug-likeness (QED) is 0.718. The molecule has 25 heavy (non-hydrogen) atoms. The third kappa shape index (κ3) is 3.20. The number of hydrogen-bond donors (Lipinski definition) is 1. The van der Waals surface area contributed by atoms with Crippen LogP contribution in [0.25, 0.3) is 10.8 Å². The minimum absolute atomic E-state index is 0.0371. The van der Waals surface area contributed by atoms with Crippen LogP contribution in [0.2, 0.25) is 0 Å². The molecule has 1 aromatic heterocycles. The first-order valence-electron chi connectivity index (χ1n) is 8.78. The molecule has 126 valence electrons. The first-order chi connectivity index (χ1) is 12.3. The van der Waals surface area contributed by atoms with E-state index >= 15 is 0 Å². The van der Waals surface area contributed by atoms with Crippen molar-refractivity contribution in [2.75, 3.05) is 11.9 Å². The Morgan fingerprint density at radius 2 is 1.92 bits per heavy atom. The molecule has 0 unspecified atom stereocenters. The van der Waals surface area contributed by atoms with Crippen molar-refractivity contribution in [3.05, 3.63) is 72.6 Å². The SMILES string of the molecule is O=C(Nc1cccc2ccccc12)N1CCCC[C@H]1c1cccnc1. The lowest BCUT2D eigenvalue weighted by Gasteiger charge is -2.36. The number of piperidine rings is 1. The summed E-state index contributed by atoms with van der Waals surface area (Å²) in [6.07, 6.45) is 6.80. The number of nitrogens with zero attached hydrogens (tertiary/aromatic N) is 2. The van der Waals surface area contributed by atoms with Crippen molar-refractivity contribution < 1.29 is 4.79 Å². The van der Waals surface area contributed by atoms with Crippen LogP contribution in [0.3, 0.4) is 0 Å². The summed E-state index contributed by atoms with van der Waals surface area (Å²) in [6, 6.07) is 18.2. The zero-order chi connectivity index (χ0) is 17.1. The number of fused-ring (bicyclic) bond motifs is 1. The van der Waals surface area contributed by atoms with Gasteiger partial charge in [0, 0.05) is 24.3 Å². The molecule has 1 fully saturated rings. The van der Waals surface area contributed by atoms with E-state index in [9.17, 15) is 4.79 Å². The molecule has 0 saturated carbocycles. The molecule has 0 spiro atoms. The van der Waals surface area contributed by atoms with Gasteiger partial charge in [0.15, 0.2) is 0 Å². The van der Waals surface area contributed by atoms with Gasteiger partial charge in [-0.15, -0.1) is 0 Å². The zero-order valence-corrected chi connectivity index (χ0v) is 14.1. The van der Waals surface area contributed by atoms with Crippen LogP contribution >= 0.6 is 0 Å². The highest BCUT2D eigenvalue weighted by atomic mass is 16.2. The van der Waals surface area contributed by atoms with Crippen LogP contribution in [0.5, 0.6) is 0 Å². The van der Waals surface area contributed by atoms with Gasteiger partial charge in [0.05, 0.1) is 11.7 Å². The summed E-state index contributed by atoms with van der Waals surface area (Å²) >= 11 is 0. The molecule has 1 atom stereocenters. The number of carbonyl (C=O) groups is 1. The number of likely N-dealkylation sites (tertiary alicyclic amines) is 1. The summed E-state index contributed by atoms with van der Waals surface area (Å²) in [5.41, 5.74) is 1.97. The van der Waals surface area contributed by atoms with Gasteiger partial charge in [-0.25, -0.2) is 4.79 Å². The first kappa shape index (κ1) is 15.6. The Hall–Kier alpha value is -2.88. The van der Waals surface area contributed by atoms with Crippen LogP contribution in [-0.2, 0) is 0 Å². The Morgan fingerprint density at radius 3 is 2.80 bits per heavy atom. The molecule has 4 nitrogen and oxygen atoms in total. The van der Waals surface area contributed by atoms with Crippen molar-refractivity contribution in [2.24, 2.45) is 0 Å². The van der Waals surface area contributed by atoms with Crippen LogP contribution in [0.4, 0.5) is 10.5 Å². The van der Waals surface area contributed by atoms with Gasteiger partial charge in [-0.2, -0.15) is 0 Å². The molecule has 1 saturated heterocycles. The third-order valence-corrected chi connectivity index (χ3v) is 4.86. The largest absolute Gasteiger partial charge is 0.322 e. The number of nitrogens with one attached hydrogen (secondary N) is 1. The number of urea groups is 1. The van der Waals surface area contributed by atoms with Gasteiger partial charge in [0.25, 0.3) is 0 Å². The van der Waals surface area contributed by atoms with Crippen molar-refractivity contribution in [3.63, 3.8) is 0 Å². The number of anilines is 1. The summed E-state index contributed by atoms with van der Waals surface area (Å²) < 4.78 is 0. The van der Waals surface area contributed by atoms with E-state index in [-0.39, 0.29) is 12.1 Å². The molecule has 1 N–H and O–H groups in total. The fourth-order valence-electron chi connectivity index (χ4n) is 3.62. The standard InChI is InChI=1S/C21H21N3O/c25-21(23-19-11-5-8-16-7-1-2-10-18(16)19)24-14-4-3-12-20(24)17-9-6-13-22-15-17/h1-2,5-11,13,15,20H,3-4,12,14H2,(H,23,25)/t20-/m0/s1. The van der Waals surface area contributed by atoms with Crippen molar-refractivity contribution >= 4 is 22.5 Å². The molecule has 3 aromatic rings. The normalized spacial score (nSPS) is 17.4. The molecule has 0 radical (unpaired) electrons. The van der Waals surface area contributed by atoms with Gasteiger partial charge in [0.1, 0.15) is 0 Å². The smallest absolute Gasteiger partial charge is 0.317 e. The summed E-state index contributed by atoms with van der Waals surface area (Å²) in [7, 11) is 0. The molecule has 2 heterocycles. The fourth-order valence-corrected chi connectivity index (χ4v) is 3.62. The van der Waals surface area contributed by atoms with E-state index in [2.05, 4.69) is 28.5 Å². The fraction of sp³-hybridized carbons (Fsp3) is 0.238. The third-order valence-electron chi connectivity index (χ3n) is 4.86. The summed E-state index contributed by atoms with van der Waals surface area (Å²) in [5, 5.41) is 5.31. The van der Waals surface area contributed by atoms with Gasteiger partial charge < -0.3 is 10.2 Å². The molecule has 2 aromatic carbocycles.